The molecule has 9 heteroatoms. The third-order valence-electron chi connectivity index (χ3n) is 4.06. The Labute approximate surface area is 145 Å². The number of aromatic nitrogens is 1. The number of fused-ring (bicyclic) bond motifs is 1. The number of H-pyrrole nitrogens is 1. The van der Waals surface area contributed by atoms with E-state index < -0.39 is 40.8 Å². The number of aromatic amines is 1. The number of hydrogen-bond acceptors (Lipinski definition) is 3. The molecule has 1 unspecified atom stereocenters. The average molecular weight is 365 g/mol. The van der Waals surface area contributed by atoms with Gasteiger partial charge in [0.1, 0.15) is 17.3 Å². The van der Waals surface area contributed by atoms with Gasteiger partial charge in [-0.25, -0.2) is 0 Å². The number of hydrogen-bond donors (Lipinski definition) is 3. The number of carbonyl (C=O) groups is 2. The zero-order chi connectivity index (χ0) is 19.1. The van der Waals surface area contributed by atoms with Crippen LogP contribution >= 0.6 is 0 Å². The van der Waals surface area contributed by atoms with Crippen LogP contribution in [-0.2, 0) is 17.5 Å². The lowest BCUT2D eigenvalue weighted by atomic mass is 9.94. The lowest BCUT2D eigenvalue weighted by Crippen LogP contribution is -2.45. The Hall–Kier alpha value is -3.10. The molecule has 0 aliphatic carbocycles. The molecule has 0 spiro atoms. The molecule has 1 aromatic heterocycles. The highest BCUT2D eigenvalue weighted by atomic mass is 19.4. The molecule has 2 amide bonds. The van der Waals surface area contributed by atoms with E-state index in [4.69, 9.17) is 0 Å². The molecule has 2 heterocycles. The fourth-order valence-electron chi connectivity index (χ4n) is 2.76. The number of nitrogens with one attached hydrogen (secondary N) is 3. The van der Waals surface area contributed by atoms with Crippen LogP contribution < -0.4 is 16.2 Å². The summed E-state index contributed by atoms with van der Waals surface area (Å²) in [5.74, 6) is -1.40. The van der Waals surface area contributed by atoms with Crippen molar-refractivity contribution in [2.24, 2.45) is 0 Å². The molecule has 3 N–H and O–H groups in total. The van der Waals surface area contributed by atoms with Gasteiger partial charge in [0, 0.05) is 6.54 Å². The van der Waals surface area contributed by atoms with Gasteiger partial charge >= 0.3 is 6.18 Å². The van der Waals surface area contributed by atoms with Gasteiger partial charge in [-0.05, 0) is 30.2 Å². The molecule has 0 saturated heterocycles. The van der Waals surface area contributed by atoms with Gasteiger partial charge < -0.3 is 15.6 Å². The van der Waals surface area contributed by atoms with E-state index in [0.29, 0.717) is 18.2 Å². The number of alkyl halides is 3. The van der Waals surface area contributed by atoms with Crippen molar-refractivity contribution >= 4 is 11.8 Å². The van der Waals surface area contributed by atoms with Crippen molar-refractivity contribution < 1.29 is 22.8 Å². The highest BCUT2D eigenvalue weighted by Crippen LogP contribution is 2.27. The summed E-state index contributed by atoms with van der Waals surface area (Å²) in [4.78, 5) is 37.9. The Morgan fingerprint density at radius 3 is 2.58 bits per heavy atom. The first-order valence-corrected chi connectivity index (χ1v) is 7.65. The molecule has 0 radical (unpaired) electrons. The van der Waals surface area contributed by atoms with Crippen LogP contribution in [0.4, 0.5) is 13.2 Å². The van der Waals surface area contributed by atoms with E-state index in [-0.39, 0.29) is 0 Å². The van der Waals surface area contributed by atoms with Crippen LogP contribution in [0, 0.1) is 6.92 Å². The quantitative estimate of drug-likeness (QED) is 0.758. The monoisotopic (exact) mass is 365 g/mol. The first kappa shape index (κ1) is 17.7. The molecule has 1 aromatic carbocycles. The van der Waals surface area contributed by atoms with Crippen molar-refractivity contribution in [3.05, 3.63) is 68.6 Å². The Bertz CT molecular complexity index is 950. The Balaban J connectivity index is 1.89. The van der Waals surface area contributed by atoms with Crippen LogP contribution in [-0.4, -0.2) is 16.8 Å². The van der Waals surface area contributed by atoms with Crippen molar-refractivity contribution in [3.63, 3.8) is 0 Å². The summed E-state index contributed by atoms with van der Waals surface area (Å²) in [7, 11) is 0. The second kappa shape index (κ2) is 6.32. The SMILES string of the molecule is Cc1ccc2c(c1)CNC(=O)C2NC(=O)c1ccc(C(F)(F)F)[nH]c1=O. The first-order chi connectivity index (χ1) is 12.2. The summed E-state index contributed by atoms with van der Waals surface area (Å²) in [6.07, 6.45) is -4.73. The van der Waals surface area contributed by atoms with Crippen LogP contribution in [0.3, 0.4) is 0 Å². The van der Waals surface area contributed by atoms with E-state index in [9.17, 15) is 27.6 Å². The van der Waals surface area contributed by atoms with Crippen LogP contribution in [0.15, 0.2) is 35.1 Å². The molecule has 26 heavy (non-hydrogen) atoms. The number of pyridine rings is 1. The number of amides is 2. The van der Waals surface area contributed by atoms with Gasteiger partial charge in [0.25, 0.3) is 11.5 Å². The van der Waals surface area contributed by atoms with Gasteiger partial charge in [-0.3, -0.25) is 14.4 Å². The summed E-state index contributed by atoms with van der Waals surface area (Å²) >= 11 is 0. The number of aryl methyl sites for hydroxylation is 1. The standard InChI is InChI=1S/C17H14F3N3O3/c1-8-2-3-10-9(6-8)7-21-16(26)13(10)23-15(25)11-4-5-12(17(18,19)20)22-14(11)24/h2-6,13H,7H2,1H3,(H,21,26)(H,22,24)(H,23,25). The van der Waals surface area contributed by atoms with E-state index in [0.717, 1.165) is 17.2 Å². The van der Waals surface area contributed by atoms with Crippen molar-refractivity contribution in [1.29, 1.82) is 0 Å². The van der Waals surface area contributed by atoms with Crippen molar-refractivity contribution in [3.8, 4) is 0 Å². The normalized spacial score (nSPS) is 16.6. The average Bonchev–Trinajstić information content (AvgIpc) is 2.56. The van der Waals surface area contributed by atoms with Crippen molar-refractivity contribution in [1.82, 2.24) is 15.6 Å². The van der Waals surface area contributed by atoms with Gasteiger partial charge in [0.05, 0.1) is 0 Å². The van der Waals surface area contributed by atoms with Gasteiger partial charge in [0.2, 0.25) is 5.91 Å². The molecular formula is C17H14F3N3O3. The predicted octanol–water partition coefficient (Wildman–Crippen LogP) is 1.80. The zero-order valence-electron chi connectivity index (χ0n) is 13.5. The van der Waals surface area contributed by atoms with E-state index in [1.807, 2.05) is 13.0 Å². The minimum Gasteiger partial charge on any atom is -0.350 e. The maximum atomic E-state index is 12.6. The van der Waals surface area contributed by atoms with Crippen molar-refractivity contribution in [2.45, 2.75) is 25.7 Å². The van der Waals surface area contributed by atoms with Crippen LogP contribution in [0.25, 0.3) is 0 Å². The number of benzene rings is 1. The summed E-state index contributed by atoms with van der Waals surface area (Å²) in [5.41, 5.74) is -0.575. The predicted molar refractivity (Wildman–Crippen MR) is 85.3 cm³/mol. The van der Waals surface area contributed by atoms with Crippen LogP contribution in [0.1, 0.15) is 38.8 Å². The van der Waals surface area contributed by atoms with Crippen LogP contribution in [0.2, 0.25) is 0 Å². The van der Waals surface area contributed by atoms with E-state index in [1.54, 1.807) is 17.1 Å². The van der Waals surface area contributed by atoms with E-state index >= 15 is 0 Å². The minimum absolute atomic E-state index is 0.309. The lowest BCUT2D eigenvalue weighted by Gasteiger charge is -2.26. The minimum atomic E-state index is -4.73. The zero-order valence-corrected chi connectivity index (χ0v) is 13.5. The largest absolute Gasteiger partial charge is 0.431 e. The number of rotatable bonds is 2. The lowest BCUT2D eigenvalue weighted by molar-refractivity contribution is -0.141. The second-order valence-electron chi connectivity index (χ2n) is 5.94. The molecule has 2 aromatic rings. The summed E-state index contributed by atoms with van der Waals surface area (Å²) in [6, 6.07) is 5.70. The highest BCUT2D eigenvalue weighted by Gasteiger charge is 2.33. The molecule has 6 nitrogen and oxygen atoms in total. The molecule has 1 aliphatic rings. The first-order valence-electron chi connectivity index (χ1n) is 7.65. The maximum absolute atomic E-state index is 12.6. The molecule has 0 saturated carbocycles. The summed E-state index contributed by atoms with van der Waals surface area (Å²) < 4.78 is 37.8. The smallest absolute Gasteiger partial charge is 0.350 e. The molecule has 3 rings (SSSR count). The summed E-state index contributed by atoms with van der Waals surface area (Å²) in [6.45, 7) is 2.19. The Morgan fingerprint density at radius 1 is 1.19 bits per heavy atom. The highest BCUT2D eigenvalue weighted by molar-refractivity contribution is 5.98. The third kappa shape index (κ3) is 3.32. The van der Waals surface area contributed by atoms with E-state index in [2.05, 4.69) is 10.6 Å². The topological polar surface area (TPSA) is 91.1 Å². The maximum Gasteiger partial charge on any atom is 0.431 e. The fourth-order valence-corrected chi connectivity index (χ4v) is 2.76. The molecule has 1 atom stereocenters. The Morgan fingerprint density at radius 2 is 1.92 bits per heavy atom. The van der Waals surface area contributed by atoms with Gasteiger partial charge in [0.15, 0.2) is 0 Å². The fraction of sp³-hybridized carbons (Fsp3) is 0.235. The van der Waals surface area contributed by atoms with Gasteiger partial charge in [-0.15, -0.1) is 0 Å². The summed E-state index contributed by atoms with van der Waals surface area (Å²) in [5, 5.41) is 5.04. The molecule has 136 valence electrons. The number of carbonyl (C=O) groups excluding carboxylic acids is 2. The van der Waals surface area contributed by atoms with Gasteiger partial charge in [-0.2, -0.15) is 13.2 Å². The number of halogens is 3. The third-order valence-corrected chi connectivity index (χ3v) is 4.06. The molecule has 0 bridgehead atoms. The molecule has 0 fully saturated rings. The van der Waals surface area contributed by atoms with Crippen LogP contribution in [0.5, 0.6) is 0 Å². The molecule has 1 aliphatic heterocycles. The van der Waals surface area contributed by atoms with E-state index in [1.165, 1.54) is 0 Å². The Kier molecular flexibility index (Phi) is 4.31. The van der Waals surface area contributed by atoms with Crippen molar-refractivity contribution in [2.75, 3.05) is 0 Å². The second-order valence-corrected chi connectivity index (χ2v) is 5.94. The molecular weight excluding hydrogens is 351 g/mol. The van der Waals surface area contributed by atoms with Gasteiger partial charge in [-0.1, -0.05) is 23.8 Å².